The highest BCUT2D eigenvalue weighted by Crippen LogP contribution is 2.41. The van der Waals surface area contributed by atoms with Crippen molar-refractivity contribution >= 4 is 5.97 Å². The summed E-state index contributed by atoms with van der Waals surface area (Å²) in [6.07, 6.45) is -2.08. The van der Waals surface area contributed by atoms with Crippen LogP contribution in [0.5, 0.6) is 5.75 Å². The maximum atomic E-state index is 13.2. The van der Waals surface area contributed by atoms with Crippen molar-refractivity contribution in [3.05, 3.63) is 75.8 Å². The van der Waals surface area contributed by atoms with Gasteiger partial charge in [0.05, 0.1) is 7.11 Å². The predicted molar refractivity (Wildman–Crippen MR) is 134 cm³/mol. The number of likely N-dealkylation sites (tertiary alicyclic amines) is 1. The number of methoxy groups -OCH3 is 1. The molecule has 0 bridgehead atoms. The first-order chi connectivity index (χ1) is 18.0. The fourth-order valence-corrected chi connectivity index (χ4v) is 4.95. The molecule has 0 radical (unpaired) electrons. The first kappa shape index (κ1) is 27.3. The van der Waals surface area contributed by atoms with Crippen LogP contribution in [0.15, 0.2) is 53.3 Å². The normalized spacial score (nSPS) is 16.4. The summed E-state index contributed by atoms with van der Waals surface area (Å²) in [5.41, 5.74) is 3.73. The summed E-state index contributed by atoms with van der Waals surface area (Å²) >= 11 is 0. The minimum absolute atomic E-state index is 0.00797. The number of piperidine rings is 1. The standard InChI is InChI=1S/C25H28N4O2.C2HF3O2/c1-18-3-7-20(8-4-18)22-23(30)29-16-13-25(24(29)27-26-22)11-14-28(15-12-25)17-19-5-9-21(31-2)10-6-19;3-2(4,5)1(6)7/h3-10H,11-17H2,1-2H3;(H,6,7). The maximum Gasteiger partial charge on any atom is 0.490 e. The summed E-state index contributed by atoms with van der Waals surface area (Å²) in [4.78, 5) is 24.6. The number of ether oxygens (including phenoxy) is 1. The van der Waals surface area contributed by atoms with Gasteiger partial charge in [-0.25, -0.2) is 4.79 Å². The van der Waals surface area contributed by atoms with E-state index in [2.05, 4.69) is 27.2 Å². The summed E-state index contributed by atoms with van der Waals surface area (Å²) in [5, 5.41) is 16.1. The Morgan fingerprint density at radius 1 is 1.00 bits per heavy atom. The minimum Gasteiger partial charge on any atom is -0.497 e. The number of carbonyl (C=O) groups is 1. The topological polar surface area (TPSA) is 97.5 Å². The SMILES string of the molecule is COc1ccc(CN2CCC3(CC2)CCn2c3nnc(-c3ccc(C)cc3)c2=O)cc1.O=C(O)C(F)(F)F. The van der Waals surface area contributed by atoms with Gasteiger partial charge in [-0.3, -0.25) is 14.3 Å². The van der Waals surface area contributed by atoms with Gasteiger partial charge in [-0.15, -0.1) is 10.2 Å². The number of nitrogens with zero attached hydrogens (tertiary/aromatic N) is 4. The molecule has 1 aromatic heterocycles. The zero-order valence-corrected chi connectivity index (χ0v) is 21.2. The van der Waals surface area contributed by atoms with Gasteiger partial charge in [0, 0.05) is 24.1 Å². The van der Waals surface area contributed by atoms with Crippen molar-refractivity contribution in [1.82, 2.24) is 19.7 Å². The van der Waals surface area contributed by atoms with Crippen molar-refractivity contribution in [3.63, 3.8) is 0 Å². The van der Waals surface area contributed by atoms with Crippen LogP contribution in [0.25, 0.3) is 11.3 Å². The van der Waals surface area contributed by atoms with Gasteiger partial charge in [0.25, 0.3) is 5.56 Å². The quantitative estimate of drug-likeness (QED) is 0.540. The summed E-state index contributed by atoms with van der Waals surface area (Å²) in [7, 11) is 1.69. The second kappa shape index (κ2) is 10.9. The van der Waals surface area contributed by atoms with Crippen LogP contribution in [0.3, 0.4) is 0 Å². The molecule has 8 nitrogen and oxygen atoms in total. The van der Waals surface area contributed by atoms with E-state index in [4.69, 9.17) is 14.6 Å². The maximum absolute atomic E-state index is 13.2. The van der Waals surface area contributed by atoms with Gasteiger partial charge < -0.3 is 9.84 Å². The van der Waals surface area contributed by atoms with Gasteiger partial charge in [-0.05, 0) is 57.0 Å². The largest absolute Gasteiger partial charge is 0.497 e. The number of aliphatic carboxylic acids is 1. The Hall–Kier alpha value is -3.73. The zero-order chi connectivity index (χ0) is 27.5. The van der Waals surface area contributed by atoms with Crippen molar-refractivity contribution in [3.8, 4) is 17.0 Å². The smallest absolute Gasteiger partial charge is 0.490 e. The minimum atomic E-state index is -5.08. The van der Waals surface area contributed by atoms with E-state index in [0.29, 0.717) is 5.69 Å². The van der Waals surface area contributed by atoms with E-state index in [1.54, 1.807) is 7.11 Å². The molecule has 38 heavy (non-hydrogen) atoms. The molecule has 2 aromatic carbocycles. The third kappa shape index (κ3) is 5.88. The Morgan fingerprint density at radius 2 is 1.58 bits per heavy atom. The van der Waals surface area contributed by atoms with E-state index in [9.17, 15) is 18.0 Å². The van der Waals surface area contributed by atoms with Crippen molar-refractivity contribution in [2.24, 2.45) is 0 Å². The lowest BCUT2D eigenvalue weighted by Gasteiger charge is -2.38. The van der Waals surface area contributed by atoms with Crippen LogP contribution < -0.4 is 10.3 Å². The summed E-state index contributed by atoms with van der Waals surface area (Å²) in [5.74, 6) is -0.983. The van der Waals surface area contributed by atoms with Crippen LogP contribution in [-0.2, 0) is 23.3 Å². The molecule has 2 aliphatic rings. The van der Waals surface area contributed by atoms with Crippen molar-refractivity contribution in [2.75, 3.05) is 20.2 Å². The third-order valence-electron chi connectivity index (χ3n) is 7.18. The third-order valence-corrected chi connectivity index (χ3v) is 7.18. The van der Waals surface area contributed by atoms with E-state index >= 15 is 0 Å². The lowest BCUT2D eigenvalue weighted by atomic mass is 9.76. The van der Waals surface area contributed by atoms with Crippen LogP contribution in [-0.4, -0.2) is 57.1 Å². The highest BCUT2D eigenvalue weighted by Gasteiger charge is 2.44. The highest BCUT2D eigenvalue weighted by atomic mass is 19.4. The average molecular weight is 531 g/mol. The molecule has 11 heteroatoms. The van der Waals surface area contributed by atoms with Crippen LogP contribution in [0.1, 0.15) is 36.2 Å². The fourth-order valence-electron chi connectivity index (χ4n) is 4.95. The van der Waals surface area contributed by atoms with Gasteiger partial charge in [-0.1, -0.05) is 42.0 Å². The second-order valence-corrected chi connectivity index (χ2v) is 9.65. The summed E-state index contributed by atoms with van der Waals surface area (Å²) in [6.45, 7) is 5.71. The molecule has 0 unspecified atom stereocenters. The molecule has 1 N–H and O–H groups in total. The van der Waals surface area contributed by atoms with E-state index in [-0.39, 0.29) is 11.0 Å². The highest BCUT2D eigenvalue weighted by molar-refractivity contribution is 5.73. The first-order valence-corrected chi connectivity index (χ1v) is 12.2. The Labute approximate surface area is 217 Å². The molecule has 3 heterocycles. The average Bonchev–Trinajstić information content (AvgIpc) is 3.25. The van der Waals surface area contributed by atoms with Gasteiger partial charge in [-0.2, -0.15) is 13.2 Å². The Balaban J connectivity index is 0.000000426. The first-order valence-electron chi connectivity index (χ1n) is 12.2. The lowest BCUT2D eigenvalue weighted by Crippen LogP contribution is -2.42. The Bertz CT molecular complexity index is 1330. The number of carboxylic acid groups (broad SMARTS) is 1. The zero-order valence-electron chi connectivity index (χ0n) is 21.2. The number of carboxylic acids is 1. The number of fused-ring (bicyclic) bond motifs is 2. The van der Waals surface area contributed by atoms with Crippen LogP contribution in [0, 0.1) is 6.92 Å². The number of aromatic nitrogens is 3. The number of benzene rings is 2. The van der Waals surface area contributed by atoms with Crippen molar-refractivity contribution < 1.29 is 27.8 Å². The molecular weight excluding hydrogens is 501 g/mol. The van der Waals surface area contributed by atoms with Crippen LogP contribution in [0.2, 0.25) is 0 Å². The molecule has 0 atom stereocenters. The van der Waals surface area contributed by atoms with Crippen molar-refractivity contribution in [2.45, 2.75) is 50.9 Å². The molecule has 2 aliphatic heterocycles. The van der Waals surface area contributed by atoms with Crippen LogP contribution in [0.4, 0.5) is 13.2 Å². The molecule has 5 rings (SSSR count). The summed E-state index contributed by atoms with van der Waals surface area (Å²) in [6, 6.07) is 16.2. The summed E-state index contributed by atoms with van der Waals surface area (Å²) < 4.78 is 38.9. The Kier molecular flexibility index (Phi) is 7.86. The van der Waals surface area contributed by atoms with Crippen molar-refractivity contribution in [1.29, 1.82) is 0 Å². The molecule has 3 aromatic rings. The monoisotopic (exact) mass is 530 g/mol. The molecule has 0 saturated carbocycles. The number of alkyl halides is 3. The van der Waals surface area contributed by atoms with E-state index < -0.39 is 12.1 Å². The number of halogens is 3. The van der Waals surface area contributed by atoms with E-state index in [1.165, 1.54) is 11.1 Å². The van der Waals surface area contributed by atoms with E-state index in [1.807, 2.05) is 47.9 Å². The molecule has 0 amide bonds. The molecule has 1 spiro atoms. The number of rotatable bonds is 4. The molecule has 1 saturated heterocycles. The molecule has 202 valence electrons. The predicted octanol–water partition coefficient (Wildman–Crippen LogP) is 4.19. The van der Waals surface area contributed by atoms with Gasteiger partial charge >= 0.3 is 12.1 Å². The molecular formula is C27H29F3N4O4. The van der Waals surface area contributed by atoms with Gasteiger partial charge in [0.15, 0.2) is 5.69 Å². The lowest BCUT2D eigenvalue weighted by molar-refractivity contribution is -0.192. The van der Waals surface area contributed by atoms with Gasteiger partial charge in [0.2, 0.25) is 0 Å². The Morgan fingerprint density at radius 3 is 2.13 bits per heavy atom. The number of hydrogen-bond acceptors (Lipinski definition) is 6. The fraction of sp³-hybridized carbons (Fsp3) is 0.407. The number of hydrogen-bond donors (Lipinski definition) is 1. The number of aryl methyl sites for hydroxylation is 1. The van der Waals surface area contributed by atoms with Crippen LogP contribution >= 0.6 is 0 Å². The van der Waals surface area contributed by atoms with Gasteiger partial charge in [0.1, 0.15) is 11.6 Å². The van der Waals surface area contributed by atoms with E-state index in [0.717, 1.165) is 62.6 Å². The molecule has 0 aliphatic carbocycles. The second-order valence-electron chi connectivity index (χ2n) is 9.65. The molecule has 1 fully saturated rings.